The number of nitrogens with one attached hydrogen (secondary N) is 1. The summed E-state index contributed by atoms with van der Waals surface area (Å²) in [6, 6.07) is 16.3. The predicted octanol–water partition coefficient (Wildman–Crippen LogP) is 4.32. The summed E-state index contributed by atoms with van der Waals surface area (Å²) >= 11 is 9.53. The van der Waals surface area contributed by atoms with Crippen molar-refractivity contribution in [3.63, 3.8) is 0 Å². The maximum atomic E-state index is 12.6. The van der Waals surface area contributed by atoms with Gasteiger partial charge in [-0.2, -0.15) is 0 Å². The number of hydrogen-bond donors (Lipinski definition) is 1. The van der Waals surface area contributed by atoms with Crippen molar-refractivity contribution in [3.8, 4) is 0 Å². The third-order valence-electron chi connectivity index (χ3n) is 4.64. The smallest absolute Gasteiger partial charge is 0.283 e. The highest BCUT2D eigenvalue weighted by Crippen LogP contribution is 2.24. The van der Waals surface area contributed by atoms with Crippen LogP contribution in [0.2, 0.25) is 5.02 Å². The Labute approximate surface area is 192 Å². The first kappa shape index (κ1) is 21.5. The topological polar surface area (TPSA) is 93.9 Å². The van der Waals surface area contributed by atoms with E-state index in [1.807, 2.05) is 17.6 Å². The van der Waals surface area contributed by atoms with E-state index in [1.165, 1.54) is 18.2 Å². The van der Waals surface area contributed by atoms with Crippen LogP contribution in [0.15, 0.2) is 70.0 Å². The molecule has 10 heteroatoms. The van der Waals surface area contributed by atoms with Crippen molar-refractivity contribution in [2.24, 2.45) is 0 Å². The molecule has 0 saturated carbocycles. The minimum absolute atomic E-state index is 0.00194. The van der Waals surface area contributed by atoms with E-state index >= 15 is 0 Å². The standard InChI is InChI=1S/C21H16BrClN4O3S/c1-13-24-18-9-10-19(21(28)26-31(29,30)16-5-3-2-4-6-16)25-20(18)27(13)12-14-7-8-15(23)11-17(14)22/h2-11H,12H2,1H3,(H,26,28). The minimum Gasteiger partial charge on any atom is -0.308 e. The number of carbonyl (C=O) groups is 1. The summed E-state index contributed by atoms with van der Waals surface area (Å²) in [4.78, 5) is 21.5. The molecule has 2 aromatic heterocycles. The van der Waals surface area contributed by atoms with Gasteiger partial charge in [0.15, 0.2) is 5.65 Å². The Bertz CT molecular complexity index is 1410. The van der Waals surface area contributed by atoms with Crippen LogP contribution in [0, 0.1) is 6.92 Å². The summed E-state index contributed by atoms with van der Waals surface area (Å²) in [5.41, 5.74) is 2.01. The normalized spacial score (nSPS) is 11.6. The van der Waals surface area contributed by atoms with Gasteiger partial charge in [-0.15, -0.1) is 0 Å². The maximum absolute atomic E-state index is 12.6. The number of pyridine rings is 1. The number of benzene rings is 2. The molecule has 1 amide bonds. The Morgan fingerprint density at radius 2 is 1.84 bits per heavy atom. The van der Waals surface area contributed by atoms with Crippen LogP contribution in [0.4, 0.5) is 0 Å². The van der Waals surface area contributed by atoms with Crippen molar-refractivity contribution in [1.82, 2.24) is 19.3 Å². The third kappa shape index (κ3) is 4.48. The van der Waals surface area contributed by atoms with Gasteiger partial charge in [-0.1, -0.05) is 51.8 Å². The number of aryl methyl sites for hydroxylation is 1. The number of carbonyl (C=O) groups excluding carboxylic acids is 1. The number of nitrogens with zero attached hydrogens (tertiary/aromatic N) is 3. The molecule has 0 unspecified atom stereocenters. The maximum Gasteiger partial charge on any atom is 0.283 e. The lowest BCUT2D eigenvalue weighted by Gasteiger charge is -2.10. The molecule has 0 aliphatic carbocycles. The van der Waals surface area contributed by atoms with Crippen LogP contribution in [-0.2, 0) is 16.6 Å². The number of rotatable bonds is 5. The second kappa shape index (κ2) is 8.41. The van der Waals surface area contributed by atoms with Crippen molar-refractivity contribution in [3.05, 3.63) is 87.2 Å². The van der Waals surface area contributed by atoms with Gasteiger partial charge >= 0.3 is 0 Å². The average molecular weight is 520 g/mol. The van der Waals surface area contributed by atoms with Crippen LogP contribution in [0.1, 0.15) is 21.9 Å². The molecule has 0 aliphatic rings. The van der Waals surface area contributed by atoms with Gasteiger partial charge in [-0.3, -0.25) is 4.79 Å². The van der Waals surface area contributed by atoms with Crippen LogP contribution in [0.3, 0.4) is 0 Å². The molecular formula is C21H16BrClN4O3S. The average Bonchev–Trinajstić information content (AvgIpc) is 3.04. The van der Waals surface area contributed by atoms with Gasteiger partial charge in [-0.05, 0) is 48.9 Å². The molecule has 0 spiro atoms. The summed E-state index contributed by atoms with van der Waals surface area (Å²) in [5, 5.41) is 0.611. The molecule has 2 heterocycles. The molecular weight excluding hydrogens is 504 g/mol. The Balaban J connectivity index is 1.67. The summed E-state index contributed by atoms with van der Waals surface area (Å²) in [5.74, 6) is -0.109. The number of imidazole rings is 1. The molecule has 0 radical (unpaired) electrons. The molecule has 0 aliphatic heterocycles. The van der Waals surface area contributed by atoms with Crippen molar-refractivity contribution in [1.29, 1.82) is 0 Å². The number of aromatic nitrogens is 3. The van der Waals surface area contributed by atoms with Crippen molar-refractivity contribution in [2.75, 3.05) is 0 Å². The Morgan fingerprint density at radius 3 is 2.55 bits per heavy atom. The van der Waals surface area contributed by atoms with Crippen molar-refractivity contribution >= 4 is 54.6 Å². The number of sulfonamides is 1. The number of amides is 1. The molecule has 158 valence electrons. The van der Waals surface area contributed by atoms with Crippen LogP contribution in [0.5, 0.6) is 0 Å². The van der Waals surface area contributed by atoms with E-state index < -0.39 is 15.9 Å². The lowest BCUT2D eigenvalue weighted by Crippen LogP contribution is -2.31. The van der Waals surface area contributed by atoms with Gasteiger partial charge in [-0.25, -0.2) is 23.1 Å². The Kier molecular flexibility index (Phi) is 5.83. The molecule has 0 fully saturated rings. The zero-order chi connectivity index (χ0) is 22.2. The SMILES string of the molecule is Cc1nc2ccc(C(=O)NS(=O)(=O)c3ccccc3)nc2n1Cc1ccc(Cl)cc1Br. The van der Waals surface area contributed by atoms with E-state index in [0.29, 0.717) is 28.6 Å². The van der Waals surface area contributed by atoms with Gasteiger partial charge in [0.1, 0.15) is 17.0 Å². The molecule has 1 N–H and O–H groups in total. The first-order chi connectivity index (χ1) is 14.7. The van der Waals surface area contributed by atoms with E-state index in [9.17, 15) is 13.2 Å². The summed E-state index contributed by atoms with van der Waals surface area (Å²) in [6.45, 7) is 2.28. The quantitative estimate of drug-likeness (QED) is 0.424. The van der Waals surface area contributed by atoms with E-state index in [4.69, 9.17) is 11.6 Å². The third-order valence-corrected chi connectivity index (χ3v) is 6.96. The molecule has 2 aromatic carbocycles. The summed E-state index contributed by atoms with van der Waals surface area (Å²) in [6.07, 6.45) is 0. The van der Waals surface area contributed by atoms with Gasteiger partial charge in [0.05, 0.1) is 11.4 Å². The fourth-order valence-corrected chi connectivity index (χ4v) is 4.87. The molecule has 0 atom stereocenters. The highest BCUT2D eigenvalue weighted by atomic mass is 79.9. The highest BCUT2D eigenvalue weighted by molar-refractivity contribution is 9.10. The fourth-order valence-electron chi connectivity index (χ4n) is 3.08. The minimum atomic E-state index is -4.00. The van der Waals surface area contributed by atoms with Gasteiger partial charge in [0, 0.05) is 9.50 Å². The molecule has 31 heavy (non-hydrogen) atoms. The molecule has 0 bridgehead atoms. The summed E-state index contributed by atoms with van der Waals surface area (Å²) < 4.78 is 29.7. The van der Waals surface area contributed by atoms with E-state index in [1.54, 1.807) is 36.4 Å². The largest absolute Gasteiger partial charge is 0.308 e. The van der Waals surface area contributed by atoms with E-state index in [2.05, 4.69) is 30.6 Å². The van der Waals surface area contributed by atoms with Crippen LogP contribution in [-0.4, -0.2) is 28.9 Å². The predicted molar refractivity (Wildman–Crippen MR) is 122 cm³/mol. The van der Waals surface area contributed by atoms with Gasteiger partial charge in [0.25, 0.3) is 15.9 Å². The fraction of sp³-hybridized carbons (Fsp3) is 0.0952. The van der Waals surface area contributed by atoms with Crippen molar-refractivity contribution < 1.29 is 13.2 Å². The zero-order valence-corrected chi connectivity index (χ0v) is 19.4. The number of fused-ring (bicyclic) bond motifs is 1. The van der Waals surface area contributed by atoms with E-state index in [-0.39, 0.29) is 10.6 Å². The van der Waals surface area contributed by atoms with Crippen LogP contribution in [0.25, 0.3) is 11.2 Å². The molecule has 4 rings (SSSR count). The monoisotopic (exact) mass is 518 g/mol. The number of hydrogen-bond acceptors (Lipinski definition) is 5. The Morgan fingerprint density at radius 1 is 1.10 bits per heavy atom. The molecule has 7 nitrogen and oxygen atoms in total. The molecule has 4 aromatic rings. The van der Waals surface area contributed by atoms with Gasteiger partial charge < -0.3 is 4.57 Å². The first-order valence-electron chi connectivity index (χ1n) is 9.14. The van der Waals surface area contributed by atoms with Gasteiger partial charge in [0.2, 0.25) is 0 Å². The zero-order valence-electron chi connectivity index (χ0n) is 16.2. The number of halogens is 2. The van der Waals surface area contributed by atoms with E-state index in [0.717, 1.165) is 10.0 Å². The summed E-state index contributed by atoms with van der Waals surface area (Å²) in [7, 11) is -4.00. The lowest BCUT2D eigenvalue weighted by atomic mass is 10.2. The van der Waals surface area contributed by atoms with Crippen LogP contribution < -0.4 is 4.72 Å². The first-order valence-corrected chi connectivity index (χ1v) is 11.8. The second-order valence-corrected chi connectivity index (χ2v) is 9.74. The molecule has 0 saturated heterocycles. The highest BCUT2D eigenvalue weighted by Gasteiger charge is 2.20. The van der Waals surface area contributed by atoms with Crippen LogP contribution >= 0.6 is 27.5 Å². The van der Waals surface area contributed by atoms with Crippen molar-refractivity contribution in [2.45, 2.75) is 18.4 Å². The second-order valence-electron chi connectivity index (χ2n) is 6.77. The lowest BCUT2D eigenvalue weighted by molar-refractivity contribution is 0.0977. The Hall–Kier alpha value is -2.75.